The molecule has 5 heteroatoms. The lowest BCUT2D eigenvalue weighted by molar-refractivity contribution is 0.0633. The first-order valence-corrected chi connectivity index (χ1v) is 8.28. The van der Waals surface area contributed by atoms with Gasteiger partial charge in [0.15, 0.2) is 0 Å². The van der Waals surface area contributed by atoms with Crippen LogP contribution in [0.25, 0.3) is 0 Å². The van der Waals surface area contributed by atoms with Crippen molar-refractivity contribution in [1.82, 2.24) is 9.80 Å². The van der Waals surface area contributed by atoms with Crippen LogP contribution < -0.4 is 0 Å². The molecule has 0 atom stereocenters. The van der Waals surface area contributed by atoms with Gasteiger partial charge in [-0.05, 0) is 23.1 Å². The van der Waals surface area contributed by atoms with Crippen molar-refractivity contribution >= 4 is 28.8 Å². The smallest absolute Gasteiger partial charge is 0.264 e. The molecule has 1 aliphatic rings. The van der Waals surface area contributed by atoms with Crippen LogP contribution in [-0.4, -0.2) is 41.9 Å². The van der Waals surface area contributed by atoms with Crippen LogP contribution in [0.15, 0.2) is 41.8 Å². The first kappa shape index (κ1) is 14.6. The number of hydrogen-bond donors (Lipinski definition) is 0. The van der Waals surface area contributed by atoms with Crippen LogP contribution in [0.1, 0.15) is 15.2 Å². The molecule has 2 heterocycles. The summed E-state index contributed by atoms with van der Waals surface area (Å²) < 4.78 is 0. The molecule has 0 unspecified atom stereocenters. The van der Waals surface area contributed by atoms with Gasteiger partial charge in [0.2, 0.25) is 0 Å². The zero-order chi connectivity index (χ0) is 14.7. The van der Waals surface area contributed by atoms with Crippen molar-refractivity contribution in [2.75, 3.05) is 26.2 Å². The highest BCUT2D eigenvalue weighted by Gasteiger charge is 2.22. The van der Waals surface area contributed by atoms with Crippen LogP contribution in [0.3, 0.4) is 0 Å². The Morgan fingerprint density at radius 2 is 1.86 bits per heavy atom. The van der Waals surface area contributed by atoms with Crippen LogP contribution >= 0.6 is 22.9 Å². The quantitative estimate of drug-likeness (QED) is 0.865. The fraction of sp³-hybridized carbons (Fsp3) is 0.312. The number of amides is 1. The van der Waals surface area contributed by atoms with E-state index in [1.54, 1.807) is 0 Å². The molecule has 0 N–H and O–H groups in total. The van der Waals surface area contributed by atoms with E-state index in [4.69, 9.17) is 11.6 Å². The molecule has 1 aliphatic heterocycles. The lowest BCUT2D eigenvalue weighted by Crippen LogP contribution is -2.48. The summed E-state index contributed by atoms with van der Waals surface area (Å²) in [6.45, 7) is 4.19. The third kappa shape index (κ3) is 3.46. The number of piperazine rings is 1. The molecule has 0 saturated carbocycles. The highest BCUT2D eigenvalue weighted by atomic mass is 35.5. The number of thiophene rings is 1. The predicted octanol–water partition coefficient (Wildman–Crippen LogP) is 3.36. The maximum atomic E-state index is 12.3. The molecule has 0 radical (unpaired) electrons. The Labute approximate surface area is 133 Å². The third-order valence-corrected chi connectivity index (χ3v) is 4.97. The molecule has 0 spiro atoms. The molecular formula is C16H17ClN2OS. The summed E-state index contributed by atoms with van der Waals surface area (Å²) in [6.07, 6.45) is 0. The SMILES string of the molecule is O=C(c1cccs1)N1CCN(Cc2ccccc2Cl)CC1. The van der Waals surface area contributed by atoms with Crippen molar-refractivity contribution < 1.29 is 4.79 Å². The van der Waals surface area contributed by atoms with Gasteiger partial charge in [0.1, 0.15) is 0 Å². The van der Waals surface area contributed by atoms with E-state index in [0.29, 0.717) is 0 Å². The van der Waals surface area contributed by atoms with Gasteiger partial charge in [-0.25, -0.2) is 0 Å². The molecule has 21 heavy (non-hydrogen) atoms. The Balaban J connectivity index is 1.56. The summed E-state index contributed by atoms with van der Waals surface area (Å²) in [5, 5.41) is 2.76. The Morgan fingerprint density at radius 3 is 2.52 bits per heavy atom. The van der Waals surface area contributed by atoms with Gasteiger partial charge >= 0.3 is 0 Å². The summed E-state index contributed by atoms with van der Waals surface area (Å²) in [7, 11) is 0. The van der Waals surface area contributed by atoms with Gasteiger partial charge in [-0.3, -0.25) is 9.69 Å². The third-order valence-electron chi connectivity index (χ3n) is 3.74. The number of benzene rings is 1. The summed E-state index contributed by atoms with van der Waals surface area (Å²) in [5.41, 5.74) is 1.15. The fourth-order valence-corrected chi connectivity index (χ4v) is 3.42. The second-order valence-electron chi connectivity index (χ2n) is 5.14. The first-order valence-electron chi connectivity index (χ1n) is 7.02. The number of hydrogen-bond acceptors (Lipinski definition) is 3. The summed E-state index contributed by atoms with van der Waals surface area (Å²) in [4.78, 5) is 17.4. The van der Waals surface area contributed by atoms with Gasteiger partial charge in [-0.1, -0.05) is 35.9 Å². The van der Waals surface area contributed by atoms with Crippen molar-refractivity contribution in [2.24, 2.45) is 0 Å². The van der Waals surface area contributed by atoms with Crippen molar-refractivity contribution in [3.63, 3.8) is 0 Å². The highest BCUT2D eigenvalue weighted by Crippen LogP contribution is 2.19. The number of halogens is 1. The van der Waals surface area contributed by atoms with E-state index in [1.165, 1.54) is 11.3 Å². The second-order valence-corrected chi connectivity index (χ2v) is 6.49. The number of rotatable bonds is 3. The van der Waals surface area contributed by atoms with Gasteiger partial charge in [0.25, 0.3) is 5.91 Å². The first-order chi connectivity index (χ1) is 10.2. The Hall–Kier alpha value is -1.36. The van der Waals surface area contributed by atoms with Gasteiger partial charge < -0.3 is 4.90 Å². The second kappa shape index (κ2) is 6.60. The number of nitrogens with zero attached hydrogens (tertiary/aromatic N) is 2. The molecule has 110 valence electrons. The molecule has 1 aromatic carbocycles. The van der Waals surface area contributed by atoms with E-state index in [-0.39, 0.29) is 5.91 Å². The molecule has 1 aromatic heterocycles. The van der Waals surface area contributed by atoms with E-state index in [0.717, 1.165) is 48.2 Å². The molecule has 1 saturated heterocycles. The highest BCUT2D eigenvalue weighted by molar-refractivity contribution is 7.12. The molecule has 3 nitrogen and oxygen atoms in total. The molecule has 1 fully saturated rings. The molecule has 3 rings (SSSR count). The molecule has 0 aliphatic carbocycles. The zero-order valence-electron chi connectivity index (χ0n) is 11.7. The average molecular weight is 321 g/mol. The Bertz CT molecular complexity index is 606. The lowest BCUT2D eigenvalue weighted by Gasteiger charge is -2.34. The van der Waals surface area contributed by atoms with Crippen LogP contribution in [0.2, 0.25) is 5.02 Å². The monoisotopic (exact) mass is 320 g/mol. The van der Waals surface area contributed by atoms with Gasteiger partial charge in [0, 0.05) is 37.7 Å². The summed E-state index contributed by atoms with van der Waals surface area (Å²) in [5.74, 6) is 0.155. The zero-order valence-corrected chi connectivity index (χ0v) is 13.2. The van der Waals surface area contributed by atoms with E-state index in [9.17, 15) is 4.79 Å². The van der Waals surface area contributed by atoms with Gasteiger partial charge in [-0.15, -0.1) is 11.3 Å². The van der Waals surface area contributed by atoms with Crippen LogP contribution in [-0.2, 0) is 6.54 Å². The van der Waals surface area contributed by atoms with Crippen molar-refractivity contribution in [3.8, 4) is 0 Å². The summed E-state index contributed by atoms with van der Waals surface area (Å²) in [6, 6.07) is 11.8. The van der Waals surface area contributed by atoms with Crippen molar-refractivity contribution in [3.05, 3.63) is 57.2 Å². The minimum atomic E-state index is 0.155. The maximum Gasteiger partial charge on any atom is 0.264 e. The normalized spacial score (nSPS) is 16.1. The average Bonchev–Trinajstić information content (AvgIpc) is 3.04. The van der Waals surface area contributed by atoms with Gasteiger partial charge in [0.05, 0.1) is 4.88 Å². The number of carbonyl (C=O) groups excluding carboxylic acids is 1. The number of carbonyl (C=O) groups is 1. The van der Waals surface area contributed by atoms with Crippen molar-refractivity contribution in [1.29, 1.82) is 0 Å². The minimum Gasteiger partial charge on any atom is -0.335 e. The van der Waals surface area contributed by atoms with Crippen molar-refractivity contribution in [2.45, 2.75) is 6.54 Å². The van der Waals surface area contributed by atoms with E-state index in [2.05, 4.69) is 11.0 Å². The maximum absolute atomic E-state index is 12.3. The topological polar surface area (TPSA) is 23.6 Å². The molecule has 1 amide bonds. The van der Waals surface area contributed by atoms with Crippen LogP contribution in [0.5, 0.6) is 0 Å². The minimum absolute atomic E-state index is 0.155. The molecule has 2 aromatic rings. The summed E-state index contributed by atoms with van der Waals surface area (Å²) >= 11 is 7.71. The van der Waals surface area contributed by atoms with E-state index in [1.807, 2.05) is 40.6 Å². The van der Waals surface area contributed by atoms with Crippen LogP contribution in [0, 0.1) is 0 Å². The van der Waals surface area contributed by atoms with Gasteiger partial charge in [-0.2, -0.15) is 0 Å². The molecular weight excluding hydrogens is 304 g/mol. The standard InChI is InChI=1S/C16H17ClN2OS/c17-14-5-2-1-4-13(14)12-18-7-9-19(10-8-18)16(20)15-6-3-11-21-15/h1-6,11H,7-10,12H2. The predicted molar refractivity (Wildman–Crippen MR) is 87.0 cm³/mol. The van der Waals surface area contributed by atoms with E-state index < -0.39 is 0 Å². The van der Waals surface area contributed by atoms with E-state index >= 15 is 0 Å². The molecule has 0 bridgehead atoms. The Kier molecular flexibility index (Phi) is 4.58. The lowest BCUT2D eigenvalue weighted by atomic mass is 10.2. The largest absolute Gasteiger partial charge is 0.335 e. The Morgan fingerprint density at radius 1 is 1.10 bits per heavy atom. The van der Waals surface area contributed by atoms with Crippen LogP contribution in [0.4, 0.5) is 0 Å². The fourth-order valence-electron chi connectivity index (χ4n) is 2.53.